The number of fused-ring (bicyclic) bond motifs is 17. The molecule has 18 rings (SSSR count). The summed E-state index contributed by atoms with van der Waals surface area (Å²) in [5.74, 6) is 1.14. The third-order valence-electron chi connectivity index (χ3n) is 25.1. The van der Waals surface area contributed by atoms with Crippen LogP contribution in [-0.4, -0.2) is 82.1 Å². The Labute approximate surface area is 757 Å². The first-order chi connectivity index (χ1) is 61.3. The molecule has 29 nitrogen and oxygen atoms in total. The van der Waals surface area contributed by atoms with Crippen molar-refractivity contribution < 1.29 is 33.4 Å². The molecular weight excluding hydrogens is 1680 g/mol. The number of azide groups is 3. The van der Waals surface area contributed by atoms with Gasteiger partial charge in [0.2, 0.25) is 11.1 Å². The Morgan fingerprint density at radius 2 is 0.859 bits per heavy atom. The molecule has 664 valence electrons. The van der Waals surface area contributed by atoms with Gasteiger partial charge in [0.25, 0.3) is 0 Å². The lowest BCUT2D eigenvalue weighted by Gasteiger charge is -2.47. The summed E-state index contributed by atoms with van der Waals surface area (Å²) in [6.07, 6.45) is 50.1. The van der Waals surface area contributed by atoms with Crippen LogP contribution in [0.3, 0.4) is 0 Å². The van der Waals surface area contributed by atoms with Crippen molar-refractivity contribution in [2.45, 2.75) is 192 Å². The number of H-pyrrole nitrogens is 2. The van der Waals surface area contributed by atoms with Gasteiger partial charge in [0.05, 0.1) is 30.0 Å². The van der Waals surface area contributed by atoms with E-state index < -0.39 is 50.3 Å². The van der Waals surface area contributed by atoms with Crippen molar-refractivity contribution in [2.75, 3.05) is 5.73 Å². The number of halogens is 3. The second-order valence-electron chi connectivity index (χ2n) is 33.6. The van der Waals surface area contributed by atoms with Gasteiger partial charge in [0.15, 0.2) is 12.5 Å². The molecule has 0 spiro atoms. The molecule has 8 heterocycles. The Morgan fingerprint density at radius 1 is 0.477 bits per heavy atom. The number of aromatic nitrogens is 5. The van der Waals surface area contributed by atoms with Gasteiger partial charge in [-0.05, 0) is 272 Å². The van der Waals surface area contributed by atoms with E-state index >= 15 is 0 Å². The Balaban J connectivity index is 0.000000142. The third-order valence-corrected chi connectivity index (χ3v) is 25.2. The minimum atomic E-state index is -0.889. The topological polar surface area (TPSA) is 461 Å². The molecule has 0 radical (unpaired) electrons. The summed E-state index contributed by atoms with van der Waals surface area (Å²) < 4.78 is 15.1. The normalized spacial score (nSPS) is 28.7. The number of nitrogens with zero attached hydrogens (tertiary/aromatic N) is 12. The van der Waals surface area contributed by atoms with Crippen molar-refractivity contribution >= 4 is 62.6 Å². The van der Waals surface area contributed by atoms with E-state index in [4.69, 9.17) is 58.9 Å². The number of allylic oxidation sites excluding steroid dienone is 13. The molecule has 0 fully saturated rings. The number of carbonyl (C=O) groups excluding carboxylic acids is 4. The zero-order valence-corrected chi connectivity index (χ0v) is 75.3. The number of ether oxygens (including phenoxy) is 3. The molecule has 10 aliphatic carbocycles. The lowest BCUT2D eigenvalue weighted by Crippen LogP contribution is -2.53. The Bertz CT molecular complexity index is 6010. The van der Waals surface area contributed by atoms with Crippen molar-refractivity contribution in [3.05, 3.63) is 365 Å². The molecule has 5 aromatic rings. The Morgan fingerprint density at radius 3 is 1.33 bits per heavy atom. The lowest BCUT2D eigenvalue weighted by atomic mass is 9.63. The number of esters is 2. The average molecular weight is 1790 g/mol. The molecule has 13 aliphatic rings. The van der Waals surface area contributed by atoms with Crippen molar-refractivity contribution in [1.29, 1.82) is 0 Å². The van der Waals surface area contributed by atoms with Crippen LogP contribution in [0, 0.1) is 29.6 Å². The highest BCUT2D eigenvalue weighted by Crippen LogP contribution is 2.56. The van der Waals surface area contributed by atoms with Crippen LogP contribution >= 0.6 is 34.8 Å². The summed E-state index contributed by atoms with van der Waals surface area (Å²) in [6, 6.07) is 17.2. The summed E-state index contributed by atoms with van der Waals surface area (Å²) in [7, 11) is 0. The first-order valence-electron chi connectivity index (χ1n) is 42.3. The molecule has 0 saturated heterocycles. The van der Waals surface area contributed by atoms with Gasteiger partial charge in [-0.15, -0.1) is 0 Å². The van der Waals surface area contributed by atoms with E-state index in [0.29, 0.717) is 36.8 Å². The molecule has 3 aliphatic heterocycles. The average Bonchev–Trinajstić information content (AvgIpc) is 0.846. The van der Waals surface area contributed by atoms with Gasteiger partial charge in [0, 0.05) is 139 Å². The van der Waals surface area contributed by atoms with E-state index in [2.05, 4.69) is 203 Å². The molecule has 5 aromatic heterocycles. The number of nitrogens with two attached hydrogens (primary N) is 3. The molecule has 8 unspecified atom stereocenters. The minimum absolute atomic E-state index is 0.0416. The third kappa shape index (κ3) is 20.6. The molecule has 10 bridgehead atoms. The minimum Gasteiger partial charge on any atom is -0.438 e. The fourth-order valence-corrected chi connectivity index (χ4v) is 20.9. The molecule has 32 heteroatoms. The van der Waals surface area contributed by atoms with E-state index in [9.17, 15) is 29.5 Å². The molecule has 0 aromatic carbocycles. The molecule has 13 atom stereocenters. The Kier molecular flexibility index (Phi) is 30.1. The number of anilines is 1. The summed E-state index contributed by atoms with van der Waals surface area (Å²) >= 11 is 14.1. The van der Waals surface area contributed by atoms with E-state index in [0.717, 1.165) is 129 Å². The number of hydrogen-bond acceptors (Lipinski definition) is 21. The highest BCUT2D eigenvalue weighted by Gasteiger charge is 2.52. The maximum Gasteiger partial charge on any atom is 0.405 e. The van der Waals surface area contributed by atoms with Gasteiger partial charge >= 0.3 is 22.1 Å². The zero-order chi connectivity index (χ0) is 92.0. The van der Waals surface area contributed by atoms with E-state index in [1.54, 1.807) is 91.8 Å². The number of nitrogens with one attached hydrogen (secondary N) is 5. The summed E-state index contributed by atoms with van der Waals surface area (Å²) in [4.78, 5) is 94.4. The highest BCUT2D eigenvalue weighted by molar-refractivity contribution is 6.93. The lowest BCUT2D eigenvalue weighted by molar-refractivity contribution is -0.147. The zero-order valence-electron chi connectivity index (χ0n) is 73.0. The predicted molar refractivity (Wildman–Crippen MR) is 497 cm³/mol. The summed E-state index contributed by atoms with van der Waals surface area (Å²) in [5.41, 5.74) is 66.4. The number of carbonyl (C=O) groups is 4. The number of dihydropyridines is 3. The highest BCUT2D eigenvalue weighted by atomic mass is 35.5. The van der Waals surface area contributed by atoms with Crippen LogP contribution in [-0.2, 0) is 49.4 Å². The van der Waals surface area contributed by atoms with Crippen molar-refractivity contribution in [3.63, 3.8) is 0 Å². The van der Waals surface area contributed by atoms with Crippen molar-refractivity contribution in [1.82, 2.24) is 40.9 Å². The second-order valence-corrected chi connectivity index (χ2v) is 34.8. The first kappa shape index (κ1) is 94.3. The standard InChI is InChI=1S/C22H23N5O2.C22H25N3O2.C16H17ClN4O2.C15H16N4O.C15H18N2O.C5H6N2.CCl2O/c1-3-17-16-10-14(2)13-22(17,26-27-23)18-4-5-20(25-19(18)12-16)29-21(28)11-15-6-8-24-9-7-15;1-3-18-15-10-14(2)13-22(18,23)19-5-4-16(25-20(19)11-15)12-21(26)27-17-6-8-24-9-7-17;1-3-11-10-6-9(2)8-16(11,20-21-18)12-4-5-14(23-15(17)22)19-13(12)7-10;1-3-11-10-6-9(2)8-15(11,18-19-16)12-4-5-14(20)17-13(12)7-10;1-3-11-10-6-9(2)8-15(11,16)12-4-5-14(18)17-13(12)7-10;6-5-1-3-7-4-2-5;2-1(3)4/h3-10,16,20,25H,11-13H2,1-2H3;3-10,15-16,25H,11-13,23H2,1-2H3;3-6,10,14,19H,7-8H2,1-2H3;3-6,10H,7-8H2,1-2H3,(H,17,20);3-6,10H,7-8,16H2,1-2H3,(H,17,18);1-4H,(H2,6,7);/b17-3+;18-3+;3*11-3+;;/t16-,20?,22?;15-,16?,22?;10-,14?,16?;2*10-,15?;;/m11111../s1. The number of rotatable bonds is 10. The fraction of sp³-hybridized carbons (Fsp3) is 0.365. The number of pyridine rings is 5. The first-order valence-corrected chi connectivity index (χ1v) is 43.5. The number of hydrogen-bond donors (Lipinski definition) is 8. The number of nitrogen functional groups attached to an aromatic ring is 1. The smallest absolute Gasteiger partial charge is 0.405 e. The van der Waals surface area contributed by atoms with E-state index in [1.807, 2.05) is 57.2 Å². The maximum absolute atomic E-state index is 12.3. The van der Waals surface area contributed by atoms with Gasteiger partial charge in [-0.2, -0.15) is 0 Å². The van der Waals surface area contributed by atoms with E-state index in [-0.39, 0.29) is 59.7 Å². The van der Waals surface area contributed by atoms with Crippen LogP contribution in [0.2, 0.25) is 0 Å². The summed E-state index contributed by atoms with van der Waals surface area (Å²) in [5, 5.41) is 22.7. The molecular formula is C96H105Cl3N20O9. The van der Waals surface area contributed by atoms with Crippen LogP contribution in [0.5, 0.6) is 5.75 Å². The van der Waals surface area contributed by atoms with Crippen LogP contribution in [0.15, 0.2) is 310 Å². The monoisotopic (exact) mass is 1790 g/mol. The van der Waals surface area contributed by atoms with Crippen LogP contribution < -0.4 is 49.0 Å². The second kappa shape index (κ2) is 40.9. The maximum atomic E-state index is 12.3. The van der Waals surface area contributed by atoms with Gasteiger partial charge in [-0.1, -0.05) is 151 Å². The van der Waals surface area contributed by atoms with Crippen LogP contribution in [0.4, 0.5) is 15.3 Å². The largest absolute Gasteiger partial charge is 0.438 e. The van der Waals surface area contributed by atoms with E-state index in [1.165, 1.54) is 45.1 Å². The van der Waals surface area contributed by atoms with Crippen molar-refractivity contribution in [2.24, 2.45) is 56.4 Å². The van der Waals surface area contributed by atoms with Crippen LogP contribution in [0.25, 0.3) is 31.3 Å². The molecule has 0 amide bonds. The van der Waals surface area contributed by atoms with Crippen molar-refractivity contribution in [3.8, 4) is 5.75 Å². The SMILES string of the molecule is C/C=C1\[C@@H]2C=C(C)CC1(N)C1=C(C2)NC(CC(=O)Oc2ccncc2)C=C1.C/C=C1\[C@@H]2C=C(C)CC1(N)c1ccc(=O)[nH]c1C2.C/C=C1\[C@@H]2C=C(C)CC1(N=[N+]=[N-])C1=C(C2)NC(OC(=O)Cc2ccncc2)C=C1.C/C=C1\[C@@H]2C=C(C)CC1(N=[N+]=[N-])C1=C(C2)NC(OC(=O)Cl)C=C1.C/C=C1\[C@@H]2C=C(C)CC1(N=[N+]=[N-])c1ccc(=O)[nH]c1C2.Nc1ccncc1.O=C(Cl)Cl. The van der Waals surface area contributed by atoms with Gasteiger partial charge < -0.3 is 57.3 Å². The van der Waals surface area contributed by atoms with Gasteiger partial charge in [0.1, 0.15) is 22.4 Å². The molecule has 11 N–H and O–H groups in total. The number of aromatic amines is 2. The van der Waals surface area contributed by atoms with Gasteiger partial charge in [-0.3, -0.25) is 38.9 Å². The Hall–Kier alpha value is -12.8. The molecule has 0 saturated carbocycles. The predicted octanol–water partition coefficient (Wildman–Crippen LogP) is 19.5. The summed E-state index contributed by atoms with van der Waals surface area (Å²) in [6.45, 7) is 20.6. The van der Waals surface area contributed by atoms with Gasteiger partial charge in [-0.25, -0.2) is 4.79 Å². The fourth-order valence-electron chi connectivity index (χ4n) is 20.8. The molecule has 128 heavy (non-hydrogen) atoms. The quantitative estimate of drug-likeness (QED) is 0.0161. The van der Waals surface area contributed by atoms with Crippen LogP contribution in [0.1, 0.15) is 155 Å².